The van der Waals surface area contributed by atoms with E-state index >= 15 is 0 Å². The van der Waals surface area contributed by atoms with Crippen molar-refractivity contribution in [3.8, 4) is 0 Å². The number of sulfonamides is 1. The van der Waals surface area contributed by atoms with Gasteiger partial charge >= 0.3 is 0 Å². The van der Waals surface area contributed by atoms with Crippen LogP contribution in [-0.4, -0.2) is 37.5 Å². The van der Waals surface area contributed by atoms with Crippen LogP contribution in [0.25, 0.3) is 0 Å². The number of halogens is 1. The van der Waals surface area contributed by atoms with Crippen LogP contribution in [0.2, 0.25) is 0 Å². The average molecular weight is 322 g/mol. The predicted molar refractivity (Wildman–Crippen MR) is 70.4 cm³/mol. The maximum atomic E-state index is 12.3. The van der Waals surface area contributed by atoms with Gasteiger partial charge in [0.2, 0.25) is 10.0 Å². The summed E-state index contributed by atoms with van der Waals surface area (Å²) in [6, 6.07) is 5.07. The molecule has 0 saturated heterocycles. The second-order valence-corrected chi connectivity index (χ2v) is 6.34. The maximum Gasteiger partial charge on any atom is 0.243 e. The summed E-state index contributed by atoms with van der Waals surface area (Å²) in [5.74, 6) is 0. The molecule has 0 unspecified atom stereocenters. The van der Waals surface area contributed by atoms with Gasteiger partial charge in [0.05, 0.1) is 11.5 Å². The minimum absolute atomic E-state index is 0.116. The van der Waals surface area contributed by atoms with Crippen molar-refractivity contribution in [3.63, 3.8) is 0 Å². The predicted octanol–water partition coefficient (Wildman–Crippen LogP) is 1.76. The summed E-state index contributed by atoms with van der Waals surface area (Å²) in [6.45, 7) is 3.78. The molecule has 0 amide bonds. The summed E-state index contributed by atoms with van der Waals surface area (Å²) in [4.78, 5) is 0.280. The number of likely N-dealkylation sites (N-methyl/N-ethyl adjacent to an activating group) is 1. The lowest BCUT2D eigenvalue weighted by Gasteiger charge is -2.20. The smallest absolute Gasteiger partial charge is 0.243 e. The minimum atomic E-state index is -3.52. The normalized spacial score (nSPS) is 12.1. The van der Waals surface area contributed by atoms with E-state index in [9.17, 15) is 8.42 Å². The number of hydrogen-bond acceptors (Lipinski definition) is 3. The second kappa shape index (κ2) is 5.95. The highest BCUT2D eigenvalue weighted by molar-refractivity contribution is 9.10. The van der Waals surface area contributed by atoms with Crippen LogP contribution in [0.3, 0.4) is 0 Å². The van der Waals surface area contributed by atoms with Gasteiger partial charge in [0.15, 0.2) is 0 Å². The molecule has 1 aromatic rings. The van der Waals surface area contributed by atoms with Crippen molar-refractivity contribution in [2.24, 2.45) is 0 Å². The molecule has 0 aliphatic rings. The largest absolute Gasteiger partial charge is 0.395 e. The lowest BCUT2D eigenvalue weighted by atomic mass is 10.2. The number of benzene rings is 1. The third-order valence-electron chi connectivity index (χ3n) is 2.54. The molecule has 1 N–H and O–H groups in total. The molecule has 0 fully saturated rings. The van der Waals surface area contributed by atoms with E-state index in [4.69, 9.17) is 5.11 Å². The van der Waals surface area contributed by atoms with E-state index in [2.05, 4.69) is 15.9 Å². The van der Waals surface area contributed by atoms with E-state index in [-0.39, 0.29) is 18.0 Å². The number of hydrogen-bond donors (Lipinski definition) is 1. The van der Waals surface area contributed by atoms with E-state index in [1.165, 1.54) is 4.31 Å². The Bertz CT molecular complexity index is 487. The zero-order valence-corrected chi connectivity index (χ0v) is 12.3. The lowest BCUT2D eigenvalue weighted by molar-refractivity contribution is 0.257. The molecular formula is C11H16BrNO3S. The Morgan fingerprint density at radius 1 is 1.41 bits per heavy atom. The summed E-state index contributed by atoms with van der Waals surface area (Å²) < 4.78 is 26.7. The molecule has 0 spiro atoms. The van der Waals surface area contributed by atoms with Gasteiger partial charge in [-0.1, -0.05) is 28.9 Å². The van der Waals surface area contributed by atoms with Crippen molar-refractivity contribution in [2.75, 3.05) is 19.7 Å². The van der Waals surface area contributed by atoms with Gasteiger partial charge in [0.1, 0.15) is 0 Å². The Hall–Kier alpha value is -0.430. The van der Waals surface area contributed by atoms with Gasteiger partial charge in [0, 0.05) is 17.6 Å². The number of aliphatic hydroxyl groups excluding tert-OH is 1. The first-order valence-electron chi connectivity index (χ1n) is 5.31. The molecule has 0 radical (unpaired) electrons. The molecule has 0 saturated carbocycles. The molecular weight excluding hydrogens is 306 g/mol. The van der Waals surface area contributed by atoms with Crippen LogP contribution in [0.4, 0.5) is 0 Å². The standard InChI is InChI=1S/C11H16BrNO3S/c1-3-13(7-8-14)17(15,16)11-6-4-5-10(12)9(11)2/h4-6,14H,3,7-8H2,1-2H3. The molecule has 0 aromatic heterocycles. The van der Waals surface area contributed by atoms with E-state index in [1.807, 2.05) is 0 Å². The van der Waals surface area contributed by atoms with Crippen LogP contribution >= 0.6 is 15.9 Å². The molecule has 96 valence electrons. The van der Waals surface area contributed by atoms with Crippen molar-refractivity contribution in [1.82, 2.24) is 4.31 Å². The molecule has 0 aliphatic heterocycles. The van der Waals surface area contributed by atoms with Crippen molar-refractivity contribution < 1.29 is 13.5 Å². The third-order valence-corrected chi connectivity index (χ3v) is 5.52. The summed E-state index contributed by atoms with van der Waals surface area (Å²) >= 11 is 3.32. The SMILES string of the molecule is CCN(CCO)S(=O)(=O)c1cccc(Br)c1C. The molecule has 0 atom stereocenters. The molecule has 0 aliphatic carbocycles. The first kappa shape index (κ1) is 14.6. The van der Waals surface area contributed by atoms with Crippen LogP contribution in [0.1, 0.15) is 12.5 Å². The quantitative estimate of drug-likeness (QED) is 0.899. The molecule has 0 heterocycles. The van der Waals surface area contributed by atoms with Crippen LogP contribution in [0.5, 0.6) is 0 Å². The fourth-order valence-electron chi connectivity index (χ4n) is 1.57. The molecule has 0 bridgehead atoms. The highest BCUT2D eigenvalue weighted by Crippen LogP contribution is 2.25. The molecule has 4 nitrogen and oxygen atoms in total. The number of rotatable bonds is 5. The van der Waals surface area contributed by atoms with Crippen LogP contribution in [-0.2, 0) is 10.0 Å². The van der Waals surface area contributed by atoms with Gasteiger partial charge < -0.3 is 5.11 Å². The first-order chi connectivity index (χ1) is 7.95. The zero-order valence-electron chi connectivity index (χ0n) is 9.85. The van der Waals surface area contributed by atoms with E-state index in [0.29, 0.717) is 12.1 Å². The summed E-state index contributed by atoms with van der Waals surface area (Å²) in [7, 11) is -3.52. The average Bonchev–Trinajstić information content (AvgIpc) is 2.29. The van der Waals surface area contributed by atoms with Crippen LogP contribution in [0.15, 0.2) is 27.6 Å². The maximum absolute atomic E-state index is 12.3. The van der Waals surface area contributed by atoms with Gasteiger partial charge in [0.25, 0.3) is 0 Å². The van der Waals surface area contributed by atoms with Gasteiger partial charge in [-0.2, -0.15) is 4.31 Å². The van der Waals surface area contributed by atoms with Gasteiger partial charge in [-0.15, -0.1) is 0 Å². The fourth-order valence-corrected chi connectivity index (χ4v) is 3.75. The number of aliphatic hydroxyl groups is 1. The molecule has 1 aromatic carbocycles. The topological polar surface area (TPSA) is 57.6 Å². The Morgan fingerprint density at radius 2 is 2.06 bits per heavy atom. The first-order valence-corrected chi connectivity index (χ1v) is 7.54. The Labute approximate surface area is 110 Å². The van der Waals surface area contributed by atoms with E-state index in [1.54, 1.807) is 32.0 Å². The van der Waals surface area contributed by atoms with Crippen molar-refractivity contribution >= 4 is 26.0 Å². The third kappa shape index (κ3) is 3.07. The minimum Gasteiger partial charge on any atom is -0.395 e. The van der Waals surface area contributed by atoms with Crippen molar-refractivity contribution in [1.29, 1.82) is 0 Å². The van der Waals surface area contributed by atoms with Crippen LogP contribution in [0, 0.1) is 6.92 Å². The summed E-state index contributed by atoms with van der Waals surface area (Å²) in [6.07, 6.45) is 0. The molecule has 6 heteroatoms. The van der Waals surface area contributed by atoms with Crippen LogP contribution < -0.4 is 0 Å². The molecule has 1 rings (SSSR count). The summed E-state index contributed by atoms with van der Waals surface area (Å²) in [5.41, 5.74) is 0.684. The lowest BCUT2D eigenvalue weighted by Crippen LogP contribution is -2.33. The van der Waals surface area contributed by atoms with Gasteiger partial charge in [-0.3, -0.25) is 0 Å². The highest BCUT2D eigenvalue weighted by atomic mass is 79.9. The number of nitrogens with zero attached hydrogens (tertiary/aromatic N) is 1. The zero-order chi connectivity index (χ0) is 13.1. The van der Waals surface area contributed by atoms with Crippen molar-refractivity contribution in [3.05, 3.63) is 28.2 Å². The second-order valence-electron chi connectivity index (χ2n) is 3.58. The van der Waals surface area contributed by atoms with Gasteiger partial charge in [-0.05, 0) is 24.6 Å². The van der Waals surface area contributed by atoms with Gasteiger partial charge in [-0.25, -0.2) is 8.42 Å². The molecule has 17 heavy (non-hydrogen) atoms. The summed E-state index contributed by atoms with van der Waals surface area (Å²) in [5, 5.41) is 8.89. The Balaban J connectivity index is 3.25. The fraction of sp³-hybridized carbons (Fsp3) is 0.455. The Kier molecular flexibility index (Phi) is 5.12. The van der Waals surface area contributed by atoms with E-state index < -0.39 is 10.0 Å². The highest BCUT2D eigenvalue weighted by Gasteiger charge is 2.24. The monoisotopic (exact) mass is 321 g/mol. The van der Waals surface area contributed by atoms with Crippen molar-refractivity contribution in [2.45, 2.75) is 18.7 Å². The Morgan fingerprint density at radius 3 is 2.59 bits per heavy atom. The van der Waals surface area contributed by atoms with E-state index in [0.717, 1.165) is 4.47 Å².